The van der Waals surface area contributed by atoms with Crippen molar-refractivity contribution in [2.24, 2.45) is 0 Å². The van der Waals surface area contributed by atoms with Crippen LogP contribution in [0.1, 0.15) is 19.8 Å². The molecule has 0 spiro atoms. The summed E-state index contributed by atoms with van der Waals surface area (Å²) in [7, 11) is 0. The van der Waals surface area contributed by atoms with Crippen molar-refractivity contribution in [2.75, 3.05) is 11.6 Å². The first kappa shape index (κ1) is 10.5. The summed E-state index contributed by atoms with van der Waals surface area (Å²) in [5, 5.41) is 11.6. The molecule has 0 atom stereocenters. The Kier molecular flexibility index (Phi) is 3.91. The molecular weight excluding hydrogens is 180 g/mol. The van der Waals surface area contributed by atoms with E-state index in [1.54, 1.807) is 24.3 Å². The summed E-state index contributed by atoms with van der Waals surface area (Å²) in [6.07, 6.45) is 1.78. The maximum absolute atomic E-state index is 10.7. The molecule has 0 saturated carbocycles. The molecular formula is C10H14N2O2. The Morgan fingerprint density at radius 1 is 1.36 bits per heavy atom. The van der Waals surface area contributed by atoms with Gasteiger partial charge in [0.2, 0.25) is 0 Å². The molecule has 14 heavy (non-hydrogen) atoms. The van der Waals surface area contributed by atoms with Gasteiger partial charge in [-0.05, 0) is 18.6 Å². The van der Waals surface area contributed by atoms with Crippen LogP contribution in [0.5, 0.6) is 0 Å². The zero-order chi connectivity index (χ0) is 10.4. The van der Waals surface area contributed by atoms with E-state index in [2.05, 4.69) is 0 Å². The van der Waals surface area contributed by atoms with E-state index in [0.717, 1.165) is 12.8 Å². The van der Waals surface area contributed by atoms with Gasteiger partial charge in [0.05, 0.1) is 6.54 Å². The van der Waals surface area contributed by atoms with Crippen LogP contribution in [-0.4, -0.2) is 11.6 Å². The molecule has 0 aliphatic rings. The molecule has 76 valence electrons. The van der Waals surface area contributed by atoms with Crippen LogP contribution < -0.4 is 5.01 Å². The van der Waals surface area contributed by atoms with Gasteiger partial charge < -0.3 is 0 Å². The second kappa shape index (κ2) is 5.21. The predicted octanol–water partition coefficient (Wildman–Crippen LogP) is 2.48. The summed E-state index contributed by atoms with van der Waals surface area (Å²) >= 11 is 0. The fourth-order valence-corrected chi connectivity index (χ4v) is 1.21. The Morgan fingerprint density at radius 2 is 2.00 bits per heavy atom. The molecule has 4 heteroatoms. The Labute approximate surface area is 83.3 Å². The van der Waals surface area contributed by atoms with Crippen LogP contribution >= 0.6 is 0 Å². The summed E-state index contributed by atoms with van der Waals surface area (Å²) < 4.78 is 0. The highest BCUT2D eigenvalue weighted by Crippen LogP contribution is 2.13. The van der Waals surface area contributed by atoms with Gasteiger partial charge in [-0.15, -0.1) is 0 Å². The minimum atomic E-state index is -0.356. The van der Waals surface area contributed by atoms with Crippen molar-refractivity contribution in [1.29, 1.82) is 0 Å². The highest BCUT2D eigenvalue weighted by molar-refractivity contribution is 5.42. The average Bonchev–Trinajstić information content (AvgIpc) is 2.19. The standard InChI is InChI=1S/C10H14N2O2/c1-2-3-9-11(12(13)14)10-7-5-4-6-8-10/h4-8H,2-3,9H2,1H3. The van der Waals surface area contributed by atoms with E-state index >= 15 is 0 Å². The van der Waals surface area contributed by atoms with Crippen LogP contribution in [0.15, 0.2) is 30.3 Å². The summed E-state index contributed by atoms with van der Waals surface area (Å²) in [6, 6.07) is 8.95. The SMILES string of the molecule is CCCCN(c1ccccc1)[N+](=O)[O-]. The molecule has 4 nitrogen and oxygen atoms in total. The number of unbranched alkanes of at least 4 members (excludes halogenated alkanes) is 1. The molecule has 0 amide bonds. The highest BCUT2D eigenvalue weighted by atomic mass is 16.7. The lowest BCUT2D eigenvalue weighted by Gasteiger charge is -2.13. The number of benzene rings is 1. The fourth-order valence-electron chi connectivity index (χ4n) is 1.21. The second-order valence-electron chi connectivity index (χ2n) is 3.05. The molecule has 0 bridgehead atoms. The first-order valence-corrected chi connectivity index (χ1v) is 4.72. The van der Waals surface area contributed by atoms with Crippen molar-refractivity contribution >= 4 is 5.69 Å². The van der Waals surface area contributed by atoms with Crippen LogP contribution in [0, 0.1) is 10.1 Å². The van der Waals surface area contributed by atoms with Crippen LogP contribution in [0.25, 0.3) is 0 Å². The van der Waals surface area contributed by atoms with Crippen molar-refractivity contribution in [3.8, 4) is 0 Å². The monoisotopic (exact) mass is 194 g/mol. The number of hydrogen-bond acceptors (Lipinski definition) is 2. The molecule has 0 N–H and O–H groups in total. The molecule has 0 aliphatic heterocycles. The molecule has 0 aromatic heterocycles. The van der Waals surface area contributed by atoms with E-state index in [9.17, 15) is 10.1 Å². The quantitative estimate of drug-likeness (QED) is 0.534. The summed E-state index contributed by atoms with van der Waals surface area (Å²) in [4.78, 5) is 10.7. The van der Waals surface area contributed by atoms with E-state index in [4.69, 9.17) is 0 Å². The molecule has 0 fully saturated rings. The fraction of sp³-hybridized carbons (Fsp3) is 0.400. The summed E-state index contributed by atoms with van der Waals surface area (Å²) in [5.41, 5.74) is 0.644. The van der Waals surface area contributed by atoms with Crippen LogP contribution in [0.3, 0.4) is 0 Å². The Bertz CT molecular complexity index is 287. The van der Waals surface area contributed by atoms with Gasteiger partial charge in [-0.2, -0.15) is 0 Å². The van der Waals surface area contributed by atoms with Crippen molar-refractivity contribution < 1.29 is 5.03 Å². The van der Waals surface area contributed by atoms with E-state index in [0.29, 0.717) is 12.2 Å². The number of para-hydroxylation sites is 1. The third-order valence-electron chi connectivity index (χ3n) is 1.97. The maximum Gasteiger partial charge on any atom is 0.165 e. The third-order valence-corrected chi connectivity index (χ3v) is 1.97. The lowest BCUT2D eigenvalue weighted by atomic mass is 10.3. The van der Waals surface area contributed by atoms with Crippen molar-refractivity contribution in [3.63, 3.8) is 0 Å². The van der Waals surface area contributed by atoms with E-state index in [1.807, 2.05) is 13.0 Å². The molecule has 0 unspecified atom stereocenters. The van der Waals surface area contributed by atoms with E-state index < -0.39 is 0 Å². The highest BCUT2D eigenvalue weighted by Gasteiger charge is 2.14. The minimum absolute atomic E-state index is 0.356. The molecule has 0 aliphatic carbocycles. The molecule has 1 aromatic carbocycles. The smallest absolute Gasteiger partial charge is 0.165 e. The molecule has 1 aromatic rings. The van der Waals surface area contributed by atoms with Crippen LogP contribution in [-0.2, 0) is 0 Å². The van der Waals surface area contributed by atoms with Gasteiger partial charge in [0.15, 0.2) is 5.03 Å². The number of nitrogens with zero attached hydrogens (tertiary/aromatic N) is 2. The third kappa shape index (κ3) is 2.73. The van der Waals surface area contributed by atoms with Gasteiger partial charge in [-0.1, -0.05) is 36.6 Å². The maximum atomic E-state index is 10.7. The Morgan fingerprint density at radius 3 is 2.50 bits per heavy atom. The summed E-state index contributed by atoms with van der Waals surface area (Å²) in [6.45, 7) is 2.48. The number of anilines is 1. The van der Waals surface area contributed by atoms with Gasteiger partial charge in [0, 0.05) is 0 Å². The topological polar surface area (TPSA) is 46.4 Å². The van der Waals surface area contributed by atoms with Crippen molar-refractivity contribution in [3.05, 3.63) is 40.4 Å². The van der Waals surface area contributed by atoms with E-state index in [1.165, 1.54) is 5.01 Å². The molecule has 0 heterocycles. The molecule has 0 saturated heterocycles. The predicted molar refractivity (Wildman–Crippen MR) is 55.7 cm³/mol. The number of hydrazine groups is 1. The first-order chi connectivity index (χ1) is 6.75. The lowest BCUT2D eigenvalue weighted by Crippen LogP contribution is -2.30. The van der Waals surface area contributed by atoms with Gasteiger partial charge in [0.1, 0.15) is 5.69 Å². The zero-order valence-electron chi connectivity index (χ0n) is 8.22. The zero-order valence-corrected chi connectivity index (χ0v) is 8.22. The van der Waals surface area contributed by atoms with E-state index in [-0.39, 0.29) is 5.03 Å². The normalized spacial score (nSPS) is 9.79. The van der Waals surface area contributed by atoms with Gasteiger partial charge in [-0.25, -0.2) is 10.1 Å². The van der Waals surface area contributed by atoms with Gasteiger partial charge >= 0.3 is 0 Å². The van der Waals surface area contributed by atoms with Gasteiger partial charge in [-0.3, -0.25) is 0 Å². The number of nitro groups is 1. The largest absolute Gasteiger partial charge is 0.234 e. The van der Waals surface area contributed by atoms with Crippen LogP contribution in [0.4, 0.5) is 5.69 Å². The lowest BCUT2D eigenvalue weighted by molar-refractivity contribution is -0.494. The summed E-state index contributed by atoms with van der Waals surface area (Å²) in [5.74, 6) is 0. The first-order valence-electron chi connectivity index (χ1n) is 4.72. The second-order valence-corrected chi connectivity index (χ2v) is 3.05. The average molecular weight is 194 g/mol. The Balaban J connectivity index is 2.73. The number of rotatable bonds is 5. The van der Waals surface area contributed by atoms with Crippen molar-refractivity contribution in [1.82, 2.24) is 0 Å². The molecule has 0 radical (unpaired) electrons. The van der Waals surface area contributed by atoms with Gasteiger partial charge in [0.25, 0.3) is 0 Å². The van der Waals surface area contributed by atoms with Crippen molar-refractivity contribution in [2.45, 2.75) is 19.8 Å². The molecule has 1 rings (SSSR count). The number of hydrogen-bond donors (Lipinski definition) is 0. The minimum Gasteiger partial charge on any atom is -0.234 e. The van der Waals surface area contributed by atoms with Crippen LogP contribution in [0.2, 0.25) is 0 Å². The Hall–Kier alpha value is -1.58.